The van der Waals surface area contributed by atoms with Gasteiger partial charge in [0.1, 0.15) is 5.75 Å². The summed E-state index contributed by atoms with van der Waals surface area (Å²) in [6.45, 7) is 2.01. The van der Waals surface area contributed by atoms with E-state index in [1.54, 1.807) is 18.3 Å². The average molecular weight is 426 g/mol. The average Bonchev–Trinajstić information content (AvgIpc) is 2.50. The van der Waals surface area contributed by atoms with Crippen LogP contribution in [0.3, 0.4) is 0 Å². The van der Waals surface area contributed by atoms with E-state index >= 15 is 0 Å². The number of nitrogens with zero attached hydrogens (tertiary/aromatic N) is 1. The van der Waals surface area contributed by atoms with Crippen LogP contribution in [0.2, 0.25) is 0 Å². The van der Waals surface area contributed by atoms with E-state index in [0.29, 0.717) is 11.3 Å². The summed E-state index contributed by atoms with van der Waals surface area (Å²) in [6.07, 6.45) is 1.59. The second kappa shape index (κ2) is 7.56. The lowest BCUT2D eigenvalue weighted by molar-refractivity contribution is 0.0952. The van der Waals surface area contributed by atoms with Crippen LogP contribution in [0, 0.1) is 6.92 Å². The Labute approximate surface area is 145 Å². The first kappa shape index (κ1) is 16.7. The van der Waals surface area contributed by atoms with Crippen LogP contribution in [0.15, 0.2) is 50.4 Å². The van der Waals surface area contributed by atoms with Gasteiger partial charge in [-0.3, -0.25) is 4.79 Å². The molecule has 22 heavy (non-hydrogen) atoms. The molecule has 1 amide bonds. The van der Waals surface area contributed by atoms with Gasteiger partial charge in [0.15, 0.2) is 0 Å². The van der Waals surface area contributed by atoms with Crippen LogP contribution in [0.5, 0.6) is 5.75 Å². The van der Waals surface area contributed by atoms with Gasteiger partial charge in [0, 0.05) is 8.95 Å². The monoisotopic (exact) mass is 424 g/mol. The summed E-state index contributed by atoms with van der Waals surface area (Å²) in [4.78, 5) is 12.2. The lowest BCUT2D eigenvalue weighted by atomic mass is 10.2. The molecule has 0 aromatic heterocycles. The standard InChI is InChI=1S/C16H14Br2N2O2/c1-10-3-4-11(7-14(10)18)9-19-20-16(21)13-8-12(17)5-6-15(13)22-2/h3-9H,1-2H3,(H,20,21)/b19-9-. The maximum absolute atomic E-state index is 12.2. The number of hydrazone groups is 1. The quantitative estimate of drug-likeness (QED) is 0.586. The summed E-state index contributed by atoms with van der Waals surface area (Å²) in [5, 5.41) is 3.98. The lowest BCUT2D eigenvalue weighted by Crippen LogP contribution is -2.18. The first-order chi connectivity index (χ1) is 10.5. The zero-order chi connectivity index (χ0) is 16.1. The molecule has 4 nitrogen and oxygen atoms in total. The number of benzene rings is 2. The van der Waals surface area contributed by atoms with Crippen LogP contribution < -0.4 is 10.2 Å². The van der Waals surface area contributed by atoms with Gasteiger partial charge in [-0.1, -0.05) is 44.0 Å². The van der Waals surface area contributed by atoms with E-state index in [1.165, 1.54) is 7.11 Å². The van der Waals surface area contributed by atoms with E-state index in [0.717, 1.165) is 20.1 Å². The SMILES string of the molecule is COc1ccc(Br)cc1C(=O)N/N=C\c1ccc(C)c(Br)c1. The second-order valence-corrected chi connectivity index (χ2v) is 6.32. The number of rotatable bonds is 4. The highest BCUT2D eigenvalue weighted by Gasteiger charge is 2.11. The predicted octanol–water partition coefficient (Wildman–Crippen LogP) is 4.29. The topological polar surface area (TPSA) is 50.7 Å². The minimum absolute atomic E-state index is 0.333. The fourth-order valence-electron chi connectivity index (χ4n) is 1.77. The molecule has 0 aliphatic carbocycles. The third-order valence-electron chi connectivity index (χ3n) is 2.98. The van der Waals surface area contributed by atoms with Gasteiger partial charge in [0.2, 0.25) is 0 Å². The number of carbonyl (C=O) groups excluding carboxylic acids is 1. The number of halogens is 2. The van der Waals surface area contributed by atoms with E-state index in [9.17, 15) is 4.79 Å². The summed E-state index contributed by atoms with van der Waals surface area (Å²) in [7, 11) is 1.52. The zero-order valence-corrected chi connectivity index (χ0v) is 15.2. The Morgan fingerprint density at radius 3 is 2.68 bits per heavy atom. The molecule has 0 heterocycles. The minimum atomic E-state index is -0.333. The van der Waals surface area contributed by atoms with Gasteiger partial charge in [-0.15, -0.1) is 0 Å². The molecule has 2 aromatic carbocycles. The molecule has 0 saturated heterocycles. The molecule has 1 N–H and O–H groups in total. The number of ether oxygens (including phenoxy) is 1. The molecule has 0 fully saturated rings. The van der Waals surface area contributed by atoms with Gasteiger partial charge >= 0.3 is 0 Å². The van der Waals surface area contributed by atoms with Gasteiger partial charge in [-0.05, 0) is 42.3 Å². The van der Waals surface area contributed by atoms with Gasteiger partial charge in [-0.25, -0.2) is 5.43 Å². The van der Waals surface area contributed by atoms with E-state index in [2.05, 4.69) is 42.4 Å². The van der Waals surface area contributed by atoms with Crippen molar-refractivity contribution in [2.45, 2.75) is 6.92 Å². The van der Waals surface area contributed by atoms with Crippen molar-refractivity contribution in [3.8, 4) is 5.75 Å². The molecule has 0 bridgehead atoms. The second-order valence-electron chi connectivity index (χ2n) is 4.55. The van der Waals surface area contributed by atoms with Crippen molar-refractivity contribution < 1.29 is 9.53 Å². The Morgan fingerprint density at radius 2 is 2.00 bits per heavy atom. The Hall–Kier alpha value is -1.66. The van der Waals surface area contributed by atoms with Crippen LogP contribution in [-0.4, -0.2) is 19.2 Å². The molecular formula is C16H14Br2N2O2. The Morgan fingerprint density at radius 1 is 1.23 bits per heavy atom. The molecule has 0 aliphatic rings. The molecule has 2 rings (SSSR count). The summed E-state index contributed by atoms with van der Waals surface area (Å²) in [5.41, 5.74) is 4.94. The smallest absolute Gasteiger partial charge is 0.275 e. The molecule has 2 aromatic rings. The first-order valence-corrected chi connectivity index (χ1v) is 8.03. The Kier molecular flexibility index (Phi) is 5.74. The maximum atomic E-state index is 12.2. The van der Waals surface area contributed by atoms with Crippen LogP contribution in [-0.2, 0) is 0 Å². The predicted molar refractivity (Wildman–Crippen MR) is 94.6 cm³/mol. The molecule has 6 heteroatoms. The fourth-order valence-corrected chi connectivity index (χ4v) is 2.53. The third kappa shape index (κ3) is 4.18. The maximum Gasteiger partial charge on any atom is 0.275 e. The van der Waals surface area contributed by atoms with Gasteiger partial charge < -0.3 is 4.74 Å². The highest BCUT2D eigenvalue weighted by molar-refractivity contribution is 9.10. The molecule has 0 atom stereocenters. The molecular weight excluding hydrogens is 412 g/mol. The van der Waals surface area contributed by atoms with E-state index in [4.69, 9.17) is 4.74 Å². The number of hydrogen-bond donors (Lipinski definition) is 1. The van der Waals surface area contributed by atoms with Crippen LogP contribution in [0.4, 0.5) is 0 Å². The number of aryl methyl sites for hydroxylation is 1. The van der Waals surface area contributed by atoms with Gasteiger partial charge in [0.25, 0.3) is 5.91 Å². The number of hydrogen-bond acceptors (Lipinski definition) is 3. The van der Waals surface area contributed by atoms with Crippen LogP contribution >= 0.6 is 31.9 Å². The number of amides is 1. The highest BCUT2D eigenvalue weighted by Crippen LogP contribution is 2.22. The molecule has 0 saturated carbocycles. The summed E-state index contributed by atoms with van der Waals surface area (Å²) < 4.78 is 6.97. The number of methoxy groups -OCH3 is 1. The van der Waals surface area contributed by atoms with Crippen LogP contribution in [0.1, 0.15) is 21.5 Å². The van der Waals surface area contributed by atoms with Crippen molar-refractivity contribution in [2.75, 3.05) is 7.11 Å². The van der Waals surface area contributed by atoms with Gasteiger partial charge in [0.05, 0.1) is 18.9 Å². The summed E-state index contributed by atoms with van der Waals surface area (Å²) in [5.74, 6) is 0.162. The van der Waals surface area contributed by atoms with Crippen molar-refractivity contribution in [2.24, 2.45) is 5.10 Å². The minimum Gasteiger partial charge on any atom is -0.496 e. The summed E-state index contributed by atoms with van der Waals surface area (Å²) >= 11 is 6.79. The number of nitrogens with one attached hydrogen (secondary N) is 1. The van der Waals surface area contributed by atoms with Gasteiger partial charge in [-0.2, -0.15) is 5.10 Å². The third-order valence-corrected chi connectivity index (χ3v) is 4.33. The molecule has 0 aliphatic heterocycles. The van der Waals surface area contributed by atoms with Crippen molar-refractivity contribution in [1.82, 2.24) is 5.43 Å². The fraction of sp³-hybridized carbons (Fsp3) is 0.125. The van der Waals surface area contributed by atoms with Crippen molar-refractivity contribution in [3.63, 3.8) is 0 Å². The highest BCUT2D eigenvalue weighted by atomic mass is 79.9. The number of carbonyl (C=O) groups is 1. The van der Waals surface area contributed by atoms with Crippen molar-refractivity contribution >= 4 is 44.0 Å². The zero-order valence-electron chi connectivity index (χ0n) is 12.1. The van der Waals surface area contributed by atoms with E-state index < -0.39 is 0 Å². The molecule has 0 spiro atoms. The van der Waals surface area contributed by atoms with E-state index in [1.807, 2.05) is 31.2 Å². The molecule has 114 valence electrons. The normalized spacial score (nSPS) is 10.7. The van der Waals surface area contributed by atoms with Crippen LogP contribution in [0.25, 0.3) is 0 Å². The lowest BCUT2D eigenvalue weighted by Gasteiger charge is -2.07. The van der Waals surface area contributed by atoms with Crippen molar-refractivity contribution in [3.05, 3.63) is 62.0 Å². The summed E-state index contributed by atoms with van der Waals surface area (Å²) in [6, 6.07) is 11.1. The Balaban J connectivity index is 2.11. The molecule has 0 radical (unpaired) electrons. The van der Waals surface area contributed by atoms with Crippen molar-refractivity contribution in [1.29, 1.82) is 0 Å². The largest absolute Gasteiger partial charge is 0.496 e. The molecule has 0 unspecified atom stereocenters. The van der Waals surface area contributed by atoms with E-state index in [-0.39, 0.29) is 5.91 Å². The Bertz CT molecular complexity index is 730. The first-order valence-electron chi connectivity index (χ1n) is 6.44.